The van der Waals surface area contributed by atoms with Crippen LogP contribution in [0.4, 0.5) is 13.2 Å². The number of esters is 1. The van der Waals surface area contributed by atoms with E-state index in [0.29, 0.717) is 5.69 Å². The minimum absolute atomic E-state index is 0.0421. The Bertz CT molecular complexity index is 467. The molecule has 98 valence electrons. The topological polar surface area (TPSA) is 39.2 Å². The van der Waals surface area contributed by atoms with Crippen LogP contribution in [0.1, 0.15) is 47.4 Å². The summed E-state index contributed by atoms with van der Waals surface area (Å²) in [5.41, 5.74) is -0.788. The van der Waals surface area contributed by atoms with Gasteiger partial charge >= 0.3 is 12.1 Å². The summed E-state index contributed by atoms with van der Waals surface area (Å²) in [5.74, 6) is -0.772. The molecule has 1 aliphatic carbocycles. The molecule has 0 N–H and O–H groups in total. The monoisotopic (exact) mass is 259 g/mol. The number of rotatable bonds is 3. The molecule has 1 aromatic heterocycles. The predicted molar refractivity (Wildman–Crippen MR) is 57.2 cm³/mol. The maximum atomic E-state index is 12.7. The number of ether oxygens (including phenoxy) is 1. The van der Waals surface area contributed by atoms with E-state index in [2.05, 4.69) is 9.72 Å². The van der Waals surface area contributed by atoms with E-state index >= 15 is 0 Å². The summed E-state index contributed by atoms with van der Waals surface area (Å²) in [6.07, 6.45) is -2.85. The normalized spacial score (nSPS) is 15.6. The van der Waals surface area contributed by atoms with Gasteiger partial charge in [-0.3, -0.25) is 0 Å². The van der Waals surface area contributed by atoms with Gasteiger partial charge in [0.05, 0.1) is 12.2 Å². The van der Waals surface area contributed by atoms with Gasteiger partial charge in [-0.1, -0.05) is 0 Å². The highest BCUT2D eigenvalue weighted by Crippen LogP contribution is 2.41. The summed E-state index contributed by atoms with van der Waals surface area (Å²) in [6.45, 7) is 1.70. The summed E-state index contributed by atoms with van der Waals surface area (Å²) in [4.78, 5) is 15.4. The van der Waals surface area contributed by atoms with Crippen LogP contribution in [0.25, 0.3) is 0 Å². The summed E-state index contributed by atoms with van der Waals surface area (Å²) in [5, 5.41) is 0. The first-order valence-corrected chi connectivity index (χ1v) is 5.68. The van der Waals surface area contributed by atoms with Gasteiger partial charge in [-0.2, -0.15) is 13.2 Å². The van der Waals surface area contributed by atoms with E-state index in [1.54, 1.807) is 6.92 Å². The summed E-state index contributed by atoms with van der Waals surface area (Å²) in [7, 11) is 0. The molecular formula is C12H12F3NO2. The quantitative estimate of drug-likeness (QED) is 0.783. The van der Waals surface area contributed by atoms with E-state index < -0.39 is 17.7 Å². The molecule has 0 bridgehead atoms. The van der Waals surface area contributed by atoms with Crippen LogP contribution in [0.15, 0.2) is 12.1 Å². The Balaban J connectivity index is 2.39. The van der Waals surface area contributed by atoms with Crippen molar-refractivity contribution in [3.05, 3.63) is 29.1 Å². The second-order valence-electron chi connectivity index (χ2n) is 4.16. The molecule has 1 aromatic rings. The summed E-state index contributed by atoms with van der Waals surface area (Å²) < 4.78 is 42.8. The van der Waals surface area contributed by atoms with Crippen LogP contribution >= 0.6 is 0 Å². The molecule has 1 aliphatic rings. The van der Waals surface area contributed by atoms with Crippen molar-refractivity contribution in [3.8, 4) is 0 Å². The molecule has 2 rings (SSSR count). The zero-order valence-electron chi connectivity index (χ0n) is 9.75. The first-order chi connectivity index (χ1) is 8.41. The number of hydrogen-bond donors (Lipinski definition) is 0. The van der Waals surface area contributed by atoms with Gasteiger partial charge in [-0.15, -0.1) is 0 Å². The van der Waals surface area contributed by atoms with E-state index in [0.717, 1.165) is 25.0 Å². The fourth-order valence-corrected chi connectivity index (χ4v) is 1.61. The third-order valence-corrected chi connectivity index (χ3v) is 2.65. The number of pyridine rings is 1. The summed E-state index contributed by atoms with van der Waals surface area (Å²) in [6, 6.07) is 1.75. The van der Waals surface area contributed by atoms with Crippen molar-refractivity contribution in [1.29, 1.82) is 0 Å². The molecule has 0 amide bonds. The molecule has 0 aliphatic heterocycles. The minimum atomic E-state index is -4.48. The number of halogens is 3. The molecule has 1 saturated carbocycles. The van der Waals surface area contributed by atoms with Gasteiger partial charge in [0.2, 0.25) is 0 Å². The number of carbonyl (C=O) groups excluding carboxylic acids is 1. The Kier molecular flexibility index (Phi) is 3.28. The smallest absolute Gasteiger partial charge is 0.416 e. The van der Waals surface area contributed by atoms with Crippen molar-refractivity contribution < 1.29 is 22.7 Å². The third kappa shape index (κ3) is 2.80. The van der Waals surface area contributed by atoms with Crippen LogP contribution in [0, 0.1) is 0 Å². The van der Waals surface area contributed by atoms with Crippen LogP contribution in [0.2, 0.25) is 0 Å². The third-order valence-electron chi connectivity index (χ3n) is 2.65. The number of nitrogens with zero attached hydrogens (tertiary/aromatic N) is 1. The Labute approximate surface area is 102 Å². The molecule has 3 nitrogen and oxygen atoms in total. The zero-order chi connectivity index (χ0) is 13.3. The molecule has 0 aromatic carbocycles. The van der Waals surface area contributed by atoms with E-state index in [4.69, 9.17) is 0 Å². The second-order valence-corrected chi connectivity index (χ2v) is 4.16. The van der Waals surface area contributed by atoms with Gasteiger partial charge in [0.1, 0.15) is 5.69 Å². The van der Waals surface area contributed by atoms with Crippen molar-refractivity contribution in [2.75, 3.05) is 6.61 Å². The molecule has 6 heteroatoms. The van der Waals surface area contributed by atoms with Crippen molar-refractivity contribution in [2.24, 2.45) is 0 Å². The lowest BCUT2D eigenvalue weighted by Gasteiger charge is -2.10. The van der Waals surface area contributed by atoms with E-state index in [1.807, 2.05) is 0 Å². The Morgan fingerprint density at radius 2 is 2.11 bits per heavy atom. The van der Waals surface area contributed by atoms with Gasteiger partial charge in [0, 0.05) is 11.6 Å². The first-order valence-electron chi connectivity index (χ1n) is 5.68. The molecule has 1 heterocycles. The standard InChI is InChI=1S/C12H12F3NO2/c1-2-18-11(17)10-6-8(12(13,14)15)5-9(16-10)7-3-4-7/h5-7H,2-4H2,1H3. The SMILES string of the molecule is CCOC(=O)c1cc(C(F)(F)F)cc(C2CC2)n1. The van der Waals surface area contributed by atoms with Gasteiger partial charge in [-0.05, 0) is 31.9 Å². The number of aromatic nitrogens is 1. The minimum Gasteiger partial charge on any atom is -0.461 e. The maximum absolute atomic E-state index is 12.7. The van der Waals surface area contributed by atoms with E-state index in [-0.39, 0.29) is 18.2 Å². The highest BCUT2D eigenvalue weighted by molar-refractivity contribution is 5.87. The molecule has 0 radical (unpaired) electrons. The van der Waals surface area contributed by atoms with Gasteiger partial charge in [0.15, 0.2) is 0 Å². The highest BCUT2D eigenvalue weighted by atomic mass is 19.4. The molecule has 0 unspecified atom stereocenters. The lowest BCUT2D eigenvalue weighted by Crippen LogP contribution is -2.13. The molecule has 1 fully saturated rings. The number of alkyl halides is 3. The van der Waals surface area contributed by atoms with E-state index in [9.17, 15) is 18.0 Å². The van der Waals surface area contributed by atoms with Crippen molar-refractivity contribution in [1.82, 2.24) is 4.98 Å². The predicted octanol–water partition coefficient (Wildman–Crippen LogP) is 3.15. The van der Waals surface area contributed by atoms with Crippen LogP contribution in [0.5, 0.6) is 0 Å². The molecule has 0 spiro atoms. The number of hydrogen-bond acceptors (Lipinski definition) is 3. The van der Waals surface area contributed by atoms with Crippen molar-refractivity contribution in [2.45, 2.75) is 31.9 Å². The lowest BCUT2D eigenvalue weighted by molar-refractivity contribution is -0.137. The molecular weight excluding hydrogens is 247 g/mol. The van der Waals surface area contributed by atoms with Crippen LogP contribution < -0.4 is 0 Å². The molecule has 18 heavy (non-hydrogen) atoms. The fraction of sp³-hybridized carbons (Fsp3) is 0.500. The first kappa shape index (κ1) is 12.9. The van der Waals surface area contributed by atoms with Crippen molar-refractivity contribution >= 4 is 5.97 Å². The van der Waals surface area contributed by atoms with Crippen LogP contribution in [-0.4, -0.2) is 17.6 Å². The maximum Gasteiger partial charge on any atom is 0.416 e. The second kappa shape index (κ2) is 4.59. The number of carbonyl (C=O) groups is 1. The molecule has 0 saturated heterocycles. The average Bonchev–Trinajstić information content (AvgIpc) is 3.11. The van der Waals surface area contributed by atoms with Crippen LogP contribution in [0.3, 0.4) is 0 Å². The fourth-order valence-electron chi connectivity index (χ4n) is 1.61. The van der Waals surface area contributed by atoms with Crippen LogP contribution in [-0.2, 0) is 10.9 Å². The largest absolute Gasteiger partial charge is 0.461 e. The van der Waals surface area contributed by atoms with Crippen molar-refractivity contribution in [3.63, 3.8) is 0 Å². The van der Waals surface area contributed by atoms with E-state index in [1.165, 1.54) is 0 Å². The van der Waals surface area contributed by atoms with Gasteiger partial charge in [0.25, 0.3) is 0 Å². The van der Waals surface area contributed by atoms with Gasteiger partial charge in [-0.25, -0.2) is 9.78 Å². The highest BCUT2D eigenvalue weighted by Gasteiger charge is 2.35. The Morgan fingerprint density at radius 3 is 2.61 bits per heavy atom. The Hall–Kier alpha value is -1.59. The Morgan fingerprint density at radius 1 is 1.44 bits per heavy atom. The van der Waals surface area contributed by atoms with Gasteiger partial charge < -0.3 is 4.74 Å². The summed E-state index contributed by atoms with van der Waals surface area (Å²) >= 11 is 0. The average molecular weight is 259 g/mol. The lowest BCUT2D eigenvalue weighted by atomic mass is 10.1. The zero-order valence-corrected chi connectivity index (χ0v) is 9.75. The molecule has 0 atom stereocenters.